The first kappa shape index (κ1) is 18.7. The van der Waals surface area contributed by atoms with Crippen LogP contribution in [0.1, 0.15) is 23.7 Å². The highest BCUT2D eigenvalue weighted by Gasteiger charge is 2.06. The number of nitrogens with zero attached hydrogens (tertiary/aromatic N) is 2. The fourth-order valence-corrected chi connectivity index (χ4v) is 2.79. The Morgan fingerprint density at radius 3 is 2.70 bits per heavy atom. The van der Waals surface area contributed by atoms with Gasteiger partial charge < -0.3 is 15.1 Å². The summed E-state index contributed by atoms with van der Waals surface area (Å²) < 4.78 is 5.57. The van der Waals surface area contributed by atoms with E-state index in [-0.39, 0.29) is 0 Å². The molecular weight excluding hydrogens is 336 g/mol. The van der Waals surface area contributed by atoms with Crippen molar-refractivity contribution in [2.24, 2.45) is 4.99 Å². The molecule has 0 spiro atoms. The van der Waals surface area contributed by atoms with Crippen LogP contribution in [0.25, 0.3) is 11.5 Å². The molecule has 0 aliphatic carbocycles. The molecular formula is C22H26N4O. The molecule has 0 amide bonds. The number of guanidine groups is 1. The number of aryl methyl sites for hydroxylation is 1. The maximum absolute atomic E-state index is 5.57. The fraction of sp³-hybridized carbons (Fsp3) is 0.273. The van der Waals surface area contributed by atoms with Crippen molar-refractivity contribution < 1.29 is 4.42 Å². The largest absolute Gasteiger partial charge is 0.444 e. The summed E-state index contributed by atoms with van der Waals surface area (Å²) in [6, 6.07) is 18.5. The Kier molecular flexibility index (Phi) is 6.63. The van der Waals surface area contributed by atoms with Crippen LogP contribution in [0.2, 0.25) is 0 Å². The minimum absolute atomic E-state index is 0.468. The summed E-state index contributed by atoms with van der Waals surface area (Å²) in [6.07, 6.45) is 2.62. The Bertz CT molecular complexity index is 871. The van der Waals surface area contributed by atoms with E-state index in [1.54, 1.807) is 6.26 Å². The van der Waals surface area contributed by atoms with Gasteiger partial charge in [0, 0.05) is 18.7 Å². The zero-order valence-corrected chi connectivity index (χ0v) is 15.9. The summed E-state index contributed by atoms with van der Waals surface area (Å²) in [4.78, 5) is 9.13. The van der Waals surface area contributed by atoms with Crippen LogP contribution >= 0.6 is 0 Å². The summed E-state index contributed by atoms with van der Waals surface area (Å²) in [7, 11) is 0. The smallest absolute Gasteiger partial charge is 0.226 e. The van der Waals surface area contributed by atoms with Crippen LogP contribution in [-0.4, -0.2) is 24.0 Å². The van der Waals surface area contributed by atoms with Gasteiger partial charge in [-0.1, -0.05) is 48.0 Å². The van der Waals surface area contributed by atoms with Crippen LogP contribution in [0, 0.1) is 6.92 Å². The van der Waals surface area contributed by atoms with Gasteiger partial charge >= 0.3 is 0 Å². The molecule has 3 aromatic rings. The van der Waals surface area contributed by atoms with Gasteiger partial charge in [0.2, 0.25) is 5.89 Å². The lowest BCUT2D eigenvalue weighted by Gasteiger charge is -2.11. The van der Waals surface area contributed by atoms with Crippen molar-refractivity contribution in [1.82, 2.24) is 15.6 Å². The molecule has 0 aliphatic heterocycles. The second-order valence-corrected chi connectivity index (χ2v) is 6.37. The van der Waals surface area contributed by atoms with Crippen LogP contribution in [-0.2, 0) is 13.0 Å². The third-order valence-corrected chi connectivity index (χ3v) is 4.10. The molecule has 0 saturated carbocycles. The van der Waals surface area contributed by atoms with Gasteiger partial charge in [0.1, 0.15) is 12.0 Å². The van der Waals surface area contributed by atoms with Crippen LogP contribution in [0.15, 0.2) is 70.3 Å². The molecule has 140 valence electrons. The number of rotatable bonds is 7. The average Bonchev–Trinajstić information content (AvgIpc) is 3.16. The lowest BCUT2D eigenvalue weighted by molar-refractivity contribution is 0.572. The lowest BCUT2D eigenvalue weighted by atomic mass is 10.1. The summed E-state index contributed by atoms with van der Waals surface area (Å²) in [6.45, 7) is 6.27. The molecule has 5 heteroatoms. The number of aliphatic imine (C=N–C) groups is 1. The molecule has 27 heavy (non-hydrogen) atoms. The van der Waals surface area contributed by atoms with Gasteiger partial charge in [0.25, 0.3) is 0 Å². The van der Waals surface area contributed by atoms with Crippen LogP contribution < -0.4 is 10.6 Å². The fourth-order valence-electron chi connectivity index (χ4n) is 2.79. The van der Waals surface area contributed by atoms with Crippen molar-refractivity contribution in [3.05, 3.63) is 77.7 Å². The zero-order valence-electron chi connectivity index (χ0n) is 15.9. The number of hydrogen-bond acceptors (Lipinski definition) is 3. The van der Waals surface area contributed by atoms with Gasteiger partial charge in [0.05, 0.1) is 6.54 Å². The molecule has 2 N–H and O–H groups in total. The van der Waals surface area contributed by atoms with Crippen molar-refractivity contribution in [1.29, 1.82) is 0 Å². The summed E-state index contributed by atoms with van der Waals surface area (Å²) >= 11 is 0. The first-order chi connectivity index (χ1) is 13.2. The highest BCUT2D eigenvalue weighted by molar-refractivity contribution is 5.79. The third kappa shape index (κ3) is 5.71. The van der Waals surface area contributed by atoms with Gasteiger partial charge in [-0.25, -0.2) is 9.98 Å². The molecule has 0 saturated heterocycles. The van der Waals surface area contributed by atoms with Crippen LogP contribution in [0.4, 0.5) is 0 Å². The van der Waals surface area contributed by atoms with Crippen molar-refractivity contribution in [2.45, 2.75) is 26.8 Å². The predicted octanol–water partition coefficient (Wildman–Crippen LogP) is 3.95. The zero-order chi connectivity index (χ0) is 18.9. The average molecular weight is 362 g/mol. The number of nitrogens with one attached hydrogen (secondary N) is 2. The highest BCUT2D eigenvalue weighted by atomic mass is 16.3. The quantitative estimate of drug-likeness (QED) is 0.493. The molecule has 5 nitrogen and oxygen atoms in total. The first-order valence-corrected chi connectivity index (χ1v) is 9.32. The Morgan fingerprint density at radius 1 is 1.07 bits per heavy atom. The standard InChI is InChI=1S/C22H26N4O/c1-3-23-22(24-13-12-18-9-7-8-17(2)14-18)25-15-20-16-27-21(26-20)19-10-5-4-6-11-19/h4-11,14,16H,3,12-13,15H2,1-2H3,(H2,23,24,25). The molecule has 0 radical (unpaired) electrons. The molecule has 0 aliphatic rings. The van der Waals surface area contributed by atoms with Gasteiger partial charge in [-0.15, -0.1) is 0 Å². The van der Waals surface area contributed by atoms with E-state index in [0.29, 0.717) is 12.4 Å². The molecule has 0 atom stereocenters. The molecule has 2 aromatic carbocycles. The van der Waals surface area contributed by atoms with E-state index in [1.165, 1.54) is 11.1 Å². The highest BCUT2D eigenvalue weighted by Crippen LogP contribution is 2.18. The minimum Gasteiger partial charge on any atom is -0.444 e. The van der Waals surface area contributed by atoms with Crippen LogP contribution in [0.5, 0.6) is 0 Å². The van der Waals surface area contributed by atoms with E-state index in [0.717, 1.165) is 36.7 Å². The second kappa shape index (κ2) is 9.57. The third-order valence-electron chi connectivity index (χ3n) is 4.10. The van der Waals surface area contributed by atoms with Gasteiger partial charge in [-0.3, -0.25) is 0 Å². The number of oxazole rings is 1. The second-order valence-electron chi connectivity index (χ2n) is 6.37. The molecule has 1 aromatic heterocycles. The summed E-state index contributed by atoms with van der Waals surface area (Å²) in [5.41, 5.74) is 4.39. The lowest BCUT2D eigenvalue weighted by Crippen LogP contribution is -2.38. The minimum atomic E-state index is 0.468. The van der Waals surface area contributed by atoms with E-state index in [9.17, 15) is 0 Å². The van der Waals surface area contributed by atoms with Crippen molar-refractivity contribution in [2.75, 3.05) is 13.1 Å². The summed E-state index contributed by atoms with van der Waals surface area (Å²) in [5.74, 6) is 1.41. The molecule has 0 unspecified atom stereocenters. The normalized spacial score (nSPS) is 11.4. The van der Waals surface area contributed by atoms with Gasteiger partial charge in [0.15, 0.2) is 5.96 Å². The van der Waals surface area contributed by atoms with Gasteiger partial charge in [-0.05, 0) is 38.0 Å². The van der Waals surface area contributed by atoms with Crippen LogP contribution in [0.3, 0.4) is 0 Å². The van der Waals surface area contributed by atoms with Crippen molar-refractivity contribution in [3.8, 4) is 11.5 Å². The predicted molar refractivity (Wildman–Crippen MR) is 110 cm³/mol. The van der Waals surface area contributed by atoms with Crippen molar-refractivity contribution in [3.63, 3.8) is 0 Å². The first-order valence-electron chi connectivity index (χ1n) is 9.32. The Labute approximate surface area is 160 Å². The maximum atomic E-state index is 5.57. The molecule has 0 bridgehead atoms. The van der Waals surface area contributed by atoms with E-state index >= 15 is 0 Å². The topological polar surface area (TPSA) is 62.5 Å². The SMILES string of the molecule is CCNC(=NCc1coc(-c2ccccc2)n1)NCCc1cccc(C)c1. The van der Waals surface area contributed by atoms with Crippen molar-refractivity contribution >= 4 is 5.96 Å². The molecule has 0 fully saturated rings. The molecule has 3 rings (SSSR count). The monoisotopic (exact) mass is 362 g/mol. The van der Waals surface area contributed by atoms with E-state index in [2.05, 4.69) is 58.7 Å². The Morgan fingerprint density at radius 2 is 1.93 bits per heavy atom. The van der Waals surface area contributed by atoms with Gasteiger partial charge in [-0.2, -0.15) is 0 Å². The summed E-state index contributed by atoms with van der Waals surface area (Å²) in [5, 5.41) is 6.65. The number of aromatic nitrogens is 1. The number of hydrogen-bond donors (Lipinski definition) is 2. The Balaban J connectivity index is 1.56. The number of benzene rings is 2. The molecule has 1 heterocycles. The Hall–Kier alpha value is -3.08. The maximum Gasteiger partial charge on any atom is 0.226 e. The van der Waals surface area contributed by atoms with E-state index in [1.807, 2.05) is 30.3 Å². The van der Waals surface area contributed by atoms with E-state index < -0.39 is 0 Å². The van der Waals surface area contributed by atoms with E-state index in [4.69, 9.17) is 4.42 Å².